The molecule has 1 aliphatic carbocycles. The third-order valence-corrected chi connectivity index (χ3v) is 3.17. The van der Waals surface area contributed by atoms with Crippen molar-refractivity contribution in [2.24, 2.45) is 5.41 Å². The van der Waals surface area contributed by atoms with Gasteiger partial charge in [-0.15, -0.1) is 0 Å². The van der Waals surface area contributed by atoms with E-state index in [1.54, 1.807) is 13.8 Å². The van der Waals surface area contributed by atoms with Gasteiger partial charge < -0.3 is 4.74 Å². The molecule has 0 aromatic carbocycles. The largest absolute Gasteiger partial charge is 0.464 e. The quantitative estimate of drug-likeness (QED) is 0.296. The summed E-state index contributed by atoms with van der Waals surface area (Å²) in [5.74, 6) is -0.784. The zero-order chi connectivity index (χ0) is 11.1. The topological polar surface area (TPSA) is 69.4 Å². The van der Waals surface area contributed by atoms with Crippen molar-refractivity contribution in [3.05, 3.63) is 22.3 Å². The molecule has 1 saturated carbocycles. The van der Waals surface area contributed by atoms with Crippen molar-refractivity contribution in [1.29, 1.82) is 0 Å². The Bertz CT molecular complexity index is 325. The highest BCUT2D eigenvalue weighted by Gasteiger charge is 2.81. The van der Waals surface area contributed by atoms with E-state index >= 15 is 0 Å². The monoisotopic (exact) mass is 199 g/mol. The second-order valence-corrected chi connectivity index (χ2v) is 3.90. The van der Waals surface area contributed by atoms with E-state index in [0.717, 1.165) is 7.11 Å². The summed E-state index contributed by atoms with van der Waals surface area (Å²) in [5, 5.41) is 10.9. The van der Waals surface area contributed by atoms with E-state index < -0.39 is 21.8 Å². The predicted octanol–water partition coefficient (Wildman–Crippen LogP) is 1.16. The highest BCUT2D eigenvalue weighted by atomic mass is 16.6. The molecule has 0 saturated heterocycles. The summed E-state index contributed by atoms with van der Waals surface area (Å²) in [6.07, 6.45) is 0.176. The molecule has 0 N–H and O–H groups in total. The van der Waals surface area contributed by atoms with Gasteiger partial charge in [0, 0.05) is 11.3 Å². The smallest absolute Gasteiger partial charge is 0.385 e. The second-order valence-electron chi connectivity index (χ2n) is 3.90. The van der Waals surface area contributed by atoms with Gasteiger partial charge in [0.15, 0.2) is 0 Å². The highest BCUT2D eigenvalue weighted by molar-refractivity contribution is 5.85. The molecule has 78 valence electrons. The van der Waals surface area contributed by atoms with Crippen LogP contribution in [0.4, 0.5) is 0 Å². The summed E-state index contributed by atoms with van der Waals surface area (Å²) in [6.45, 7) is 7.02. The summed E-state index contributed by atoms with van der Waals surface area (Å²) in [4.78, 5) is 21.7. The molecule has 0 bridgehead atoms. The molecule has 1 rings (SSSR count). The number of nitro groups is 1. The van der Waals surface area contributed by atoms with Crippen LogP contribution in [0.15, 0.2) is 12.2 Å². The van der Waals surface area contributed by atoms with Crippen LogP contribution in [0.3, 0.4) is 0 Å². The minimum atomic E-state index is -1.60. The highest BCUT2D eigenvalue weighted by Crippen LogP contribution is 2.62. The van der Waals surface area contributed by atoms with E-state index in [1.165, 1.54) is 0 Å². The fourth-order valence-electron chi connectivity index (χ4n) is 1.78. The molecule has 0 aromatic rings. The zero-order valence-electron chi connectivity index (χ0n) is 8.49. The Hall–Kier alpha value is -1.39. The molecular formula is C9H13NO4. The van der Waals surface area contributed by atoms with Gasteiger partial charge in [-0.3, -0.25) is 10.1 Å². The standard InChI is InChI=1S/C9H13NO4/c1-6(2)8(3)5-9(8,10(12)13)7(11)14-4/h1,5H2,2-4H3/t8-,9-/m0/s1. The Morgan fingerprint density at radius 1 is 1.64 bits per heavy atom. The fourth-order valence-corrected chi connectivity index (χ4v) is 1.78. The van der Waals surface area contributed by atoms with E-state index in [9.17, 15) is 14.9 Å². The fraction of sp³-hybridized carbons (Fsp3) is 0.667. The van der Waals surface area contributed by atoms with Gasteiger partial charge >= 0.3 is 11.5 Å². The van der Waals surface area contributed by atoms with Crippen LogP contribution < -0.4 is 0 Å². The Morgan fingerprint density at radius 2 is 2.14 bits per heavy atom. The molecule has 0 spiro atoms. The van der Waals surface area contributed by atoms with Gasteiger partial charge in [-0.1, -0.05) is 12.2 Å². The lowest BCUT2D eigenvalue weighted by Gasteiger charge is -2.13. The van der Waals surface area contributed by atoms with Crippen LogP contribution >= 0.6 is 0 Å². The van der Waals surface area contributed by atoms with Crippen LogP contribution in [-0.2, 0) is 9.53 Å². The number of methoxy groups -OCH3 is 1. The Kier molecular flexibility index (Phi) is 2.14. The zero-order valence-corrected chi connectivity index (χ0v) is 8.49. The van der Waals surface area contributed by atoms with Crippen LogP contribution in [0.5, 0.6) is 0 Å². The molecule has 14 heavy (non-hydrogen) atoms. The van der Waals surface area contributed by atoms with Gasteiger partial charge in [0.05, 0.1) is 12.5 Å². The van der Waals surface area contributed by atoms with Crippen molar-refractivity contribution in [2.45, 2.75) is 25.8 Å². The number of carbonyl (C=O) groups excluding carboxylic acids is 1. The Morgan fingerprint density at radius 3 is 2.36 bits per heavy atom. The molecule has 5 nitrogen and oxygen atoms in total. The molecule has 1 aliphatic rings. The van der Waals surface area contributed by atoms with Crippen molar-refractivity contribution < 1.29 is 14.5 Å². The molecule has 0 aromatic heterocycles. The summed E-state index contributed by atoms with van der Waals surface area (Å²) in [5.41, 5.74) is -1.73. The number of esters is 1. The maximum Gasteiger partial charge on any atom is 0.385 e. The van der Waals surface area contributed by atoms with Gasteiger partial charge in [-0.2, -0.15) is 0 Å². The number of carbonyl (C=O) groups is 1. The maximum atomic E-state index is 11.4. The summed E-state index contributed by atoms with van der Waals surface area (Å²) in [7, 11) is 1.16. The Labute approximate surface area is 81.9 Å². The molecule has 2 atom stereocenters. The van der Waals surface area contributed by atoms with E-state index in [0.29, 0.717) is 5.57 Å². The number of hydrogen-bond acceptors (Lipinski definition) is 4. The minimum absolute atomic E-state index is 0.176. The molecule has 0 heterocycles. The first-order valence-corrected chi connectivity index (χ1v) is 4.22. The first kappa shape index (κ1) is 10.7. The van der Waals surface area contributed by atoms with Crippen LogP contribution in [0.1, 0.15) is 20.3 Å². The number of ether oxygens (including phenoxy) is 1. The average molecular weight is 199 g/mol. The molecular weight excluding hydrogens is 186 g/mol. The van der Waals surface area contributed by atoms with Crippen LogP contribution in [-0.4, -0.2) is 23.5 Å². The third kappa shape index (κ3) is 0.981. The maximum absolute atomic E-state index is 11.4. The number of hydrogen-bond donors (Lipinski definition) is 0. The number of nitrogens with zero attached hydrogens (tertiary/aromatic N) is 1. The van der Waals surface area contributed by atoms with Gasteiger partial charge in [0.2, 0.25) is 0 Å². The van der Waals surface area contributed by atoms with Crippen LogP contribution in [0.25, 0.3) is 0 Å². The number of rotatable bonds is 3. The van der Waals surface area contributed by atoms with Crippen LogP contribution in [0, 0.1) is 15.5 Å². The summed E-state index contributed by atoms with van der Waals surface area (Å²) >= 11 is 0. The van der Waals surface area contributed by atoms with E-state index in [1.807, 2.05) is 0 Å². The van der Waals surface area contributed by atoms with Crippen molar-refractivity contribution >= 4 is 5.97 Å². The molecule has 0 radical (unpaired) electrons. The molecule has 1 fully saturated rings. The summed E-state index contributed by atoms with van der Waals surface area (Å²) < 4.78 is 4.46. The van der Waals surface area contributed by atoms with Crippen molar-refractivity contribution in [2.75, 3.05) is 7.11 Å². The lowest BCUT2D eigenvalue weighted by Crippen LogP contribution is -2.38. The average Bonchev–Trinajstić information content (AvgIpc) is 2.74. The van der Waals surface area contributed by atoms with E-state index in [2.05, 4.69) is 11.3 Å². The SMILES string of the molecule is C=C(C)[C@]1(C)C[C@@]1(C(=O)OC)[N+](=O)[O-]. The first-order chi connectivity index (χ1) is 6.33. The van der Waals surface area contributed by atoms with Crippen molar-refractivity contribution in [1.82, 2.24) is 0 Å². The first-order valence-electron chi connectivity index (χ1n) is 4.22. The second kappa shape index (κ2) is 2.80. The van der Waals surface area contributed by atoms with Gasteiger partial charge in [-0.25, -0.2) is 4.79 Å². The van der Waals surface area contributed by atoms with E-state index in [-0.39, 0.29) is 6.42 Å². The molecule has 0 aliphatic heterocycles. The summed E-state index contributed by atoms with van der Waals surface area (Å²) in [6, 6.07) is 0. The third-order valence-electron chi connectivity index (χ3n) is 3.17. The Balaban J connectivity index is 3.09. The molecule has 0 amide bonds. The normalized spacial score (nSPS) is 34.8. The molecule has 5 heteroatoms. The van der Waals surface area contributed by atoms with Gasteiger partial charge in [-0.05, 0) is 13.8 Å². The van der Waals surface area contributed by atoms with E-state index in [4.69, 9.17) is 0 Å². The van der Waals surface area contributed by atoms with Crippen LogP contribution in [0.2, 0.25) is 0 Å². The lowest BCUT2D eigenvalue weighted by atomic mass is 9.95. The van der Waals surface area contributed by atoms with Crippen molar-refractivity contribution in [3.8, 4) is 0 Å². The molecule has 0 unspecified atom stereocenters. The minimum Gasteiger partial charge on any atom is -0.464 e. The van der Waals surface area contributed by atoms with Crippen molar-refractivity contribution in [3.63, 3.8) is 0 Å². The lowest BCUT2D eigenvalue weighted by molar-refractivity contribution is -0.532. The van der Waals surface area contributed by atoms with Gasteiger partial charge in [0.1, 0.15) is 0 Å². The predicted molar refractivity (Wildman–Crippen MR) is 49.3 cm³/mol. The van der Waals surface area contributed by atoms with Gasteiger partial charge in [0.25, 0.3) is 0 Å².